The van der Waals surface area contributed by atoms with E-state index in [9.17, 15) is 4.79 Å². The number of ether oxygens (including phenoxy) is 4. The highest BCUT2D eigenvalue weighted by molar-refractivity contribution is 6.31. The van der Waals surface area contributed by atoms with Crippen LogP contribution >= 0.6 is 11.6 Å². The largest absolute Gasteiger partial charge is 0.496 e. The lowest BCUT2D eigenvalue weighted by atomic mass is 10.1. The third kappa shape index (κ3) is 4.28. The Morgan fingerprint density at radius 2 is 1.75 bits per heavy atom. The highest BCUT2D eigenvalue weighted by atomic mass is 35.5. The zero-order valence-corrected chi connectivity index (χ0v) is 16.6. The Morgan fingerprint density at radius 1 is 1.04 bits per heavy atom. The fourth-order valence-electron chi connectivity index (χ4n) is 2.69. The summed E-state index contributed by atoms with van der Waals surface area (Å²) >= 11 is 6.05. The molecule has 28 heavy (non-hydrogen) atoms. The van der Waals surface area contributed by atoms with E-state index < -0.39 is 5.97 Å². The lowest BCUT2D eigenvalue weighted by molar-refractivity contribution is -0.129. The first-order valence-electron chi connectivity index (χ1n) is 8.81. The number of halogens is 1. The van der Waals surface area contributed by atoms with E-state index in [-0.39, 0.29) is 11.6 Å². The van der Waals surface area contributed by atoms with Gasteiger partial charge in [-0.1, -0.05) is 17.7 Å². The molecule has 3 rings (SSSR count). The van der Waals surface area contributed by atoms with E-state index in [2.05, 4.69) is 4.99 Å². The number of esters is 1. The Balaban J connectivity index is 1.96. The first kappa shape index (κ1) is 19.8. The summed E-state index contributed by atoms with van der Waals surface area (Å²) in [5.41, 5.74) is 1.42. The van der Waals surface area contributed by atoms with E-state index in [1.807, 2.05) is 19.9 Å². The van der Waals surface area contributed by atoms with Crippen LogP contribution in [0.15, 0.2) is 47.1 Å². The zero-order chi connectivity index (χ0) is 20.1. The van der Waals surface area contributed by atoms with Crippen LogP contribution in [0.3, 0.4) is 0 Å². The van der Waals surface area contributed by atoms with Gasteiger partial charge < -0.3 is 18.9 Å². The lowest BCUT2D eigenvalue weighted by Crippen LogP contribution is -2.07. The Kier molecular flexibility index (Phi) is 6.21. The summed E-state index contributed by atoms with van der Waals surface area (Å²) in [7, 11) is 1.52. The Morgan fingerprint density at radius 3 is 2.46 bits per heavy atom. The van der Waals surface area contributed by atoms with Gasteiger partial charge in [-0.05, 0) is 55.8 Å². The number of cyclic esters (lactones) is 1. The van der Waals surface area contributed by atoms with Crippen molar-refractivity contribution in [2.24, 2.45) is 4.99 Å². The second kappa shape index (κ2) is 8.80. The average Bonchev–Trinajstić information content (AvgIpc) is 3.04. The fraction of sp³-hybridized carbons (Fsp3) is 0.238. The predicted octanol–water partition coefficient (Wildman–Crippen LogP) is 4.49. The van der Waals surface area contributed by atoms with Crippen LogP contribution in [-0.4, -0.2) is 32.2 Å². The minimum absolute atomic E-state index is 0.145. The van der Waals surface area contributed by atoms with Crippen LogP contribution in [0.2, 0.25) is 5.02 Å². The van der Waals surface area contributed by atoms with Gasteiger partial charge in [0.15, 0.2) is 17.2 Å². The summed E-state index contributed by atoms with van der Waals surface area (Å²) in [6, 6.07) is 10.4. The molecule has 0 fully saturated rings. The van der Waals surface area contributed by atoms with Crippen molar-refractivity contribution in [2.75, 3.05) is 20.3 Å². The van der Waals surface area contributed by atoms with Gasteiger partial charge in [0.1, 0.15) is 5.75 Å². The molecule has 7 heteroatoms. The molecule has 146 valence electrons. The second-order valence-electron chi connectivity index (χ2n) is 5.75. The van der Waals surface area contributed by atoms with Gasteiger partial charge in [-0.25, -0.2) is 9.79 Å². The molecule has 2 aromatic carbocycles. The van der Waals surface area contributed by atoms with Crippen molar-refractivity contribution in [1.82, 2.24) is 0 Å². The van der Waals surface area contributed by atoms with E-state index >= 15 is 0 Å². The van der Waals surface area contributed by atoms with E-state index in [1.165, 1.54) is 7.11 Å². The molecule has 0 amide bonds. The molecular formula is C21H20ClNO5. The lowest BCUT2D eigenvalue weighted by Gasteiger charge is -2.11. The quantitative estimate of drug-likeness (QED) is 0.505. The summed E-state index contributed by atoms with van der Waals surface area (Å²) in [4.78, 5) is 16.6. The molecule has 0 atom stereocenters. The fourth-order valence-corrected chi connectivity index (χ4v) is 2.86. The summed E-state index contributed by atoms with van der Waals surface area (Å²) < 4.78 is 21.8. The molecule has 0 spiro atoms. The highest BCUT2D eigenvalue weighted by Crippen LogP contribution is 2.31. The van der Waals surface area contributed by atoms with Gasteiger partial charge in [0.2, 0.25) is 5.90 Å². The number of carbonyl (C=O) groups is 1. The molecule has 0 radical (unpaired) electrons. The third-order valence-corrected chi connectivity index (χ3v) is 4.12. The maximum atomic E-state index is 12.3. The summed E-state index contributed by atoms with van der Waals surface area (Å²) in [6.45, 7) is 4.83. The topological polar surface area (TPSA) is 66.3 Å². The summed E-state index contributed by atoms with van der Waals surface area (Å²) in [6.07, 6.45) is 1.63. The van der Waals surface area contributed by atoms with Gasteiger partial charge in [0, 0.05) is 5.02 Å². The van der Waals surface area contributed by atoms with Crippen LogP contribution in [0.25, 0.3) is 6.08 Å². The van der Waals surface area contributed by atoms with Crippen LogP contribution in [0.1, 0.15) is 25.0 Å². The Hall–Kier alpha value is -2.99. The summed E-state index contributed by atoms with van der Waals surface area (Å²) in [5, 5.41) is 0.486. The molecule has 2 aromatic rings. The predicted molar refractivity (Wildman–Crippen MR) is 107 cm³/mol. The van der Waals surface area contributed by atoms with Crippen molar-refractivity contribution in [3.05, 3.63) is 58.2 Å². The van der Waals surface area contributed by atoms with Crippen LogP contribution in [0.4, 0.5) is 0 Å². The van der Waals surface area contributed by atoms with Crippen LogP contribution < -0.4 is 14.2 Å². The maximum absolute atomic E-state index is 12.3. The van der Waals surface area contributed by atoms with E-state index in [4.69, 9.17) is 30.5 Å². The summed E-state index contributed by atoms with van der Waals surface area (Å²) in [5.74, 6) is 1.35. The van der Waals surface area contributed by atoms with Gasteiger partial charge in [-0.2, -0.15) is 0 Å². The van der Waals surface area contributed by atoms with Gasteiger partial charge in [-0.15, -0.1) is 0 Å². The van der Waals surface area contributed by atoms with Gasteiger partial charge in [0.25, 0.3) is 0 Å². The number of hydrogen-bond acceptors (Lipinski definition) is 6. The minimum Gasteiger partial charge on any atom is -0.496 e. The Labute approximate surface area is 168 Å². The first-order chi connectivity index (χ1) is 13.5. The Bertz CT molecular complexity index is 952. The van der Waals surface area contributed by atoms with Crippen molar-refractivity contribution >= 4 is 29.5 Å². The molecule has 0 N–H and O–H groups in total. The number of nitrogens with zero attached hydrogens (tertiary/aromatic N) is 1. The monoisotopic (exact) mass is 401 g/mol. The maximum Gasteiger partial charge on any atom is 0.363 e. The number of carbonyl (C=O) groups excluding carboxylic acids is 1. The molecule has 0 unspecified atom stereocenters. The average molecular weight is 402 g/mol. The number of rotatable bonds is 7. The molecule has 0 bridgehead atoms. The van der Waals surface area contributed by atoms with Crippen molar-refractivity contribution in [3.8, 4) is 17.2 Å². The highest BCUT2D eigenvalue weighted by Gasteiger charge is 2.26. The molecule has 6 nitrogen and oxygen atoms in total. The molecule has 0 saturated heterocycles. The van der Waals surface area contributed by atoms with Crippen LogP contribution in [-0.2, 0) is 9.53 Å². The smallest absolute Gasteiger partial charge is 0.363 e. The molecular weight excluding hydrogens is 382 g/mol. The zero-order valence-electron chi connectivity index (χ0n) is 15.8. The van der Waals surface area contributed by atoms with Crippen molar-refractivity contribution in [3.63, 3.8) is 0 Å². The van der Waals surface area contributed by atoms with Crippen LogP contribution in [0.5, 0.6) is 17.2 Å². The van der Waals surface area contributed by atoms with E-state index in [1.54, 1.807) is 36.4 Å². The molecule has 1 heterocycles. The second-order valence-corrected chi connectivity index (χ2v) is 6.19. The molecule has 0 aliphatic carbocycles. The number of benzene rings is 2. The van der Waals surface area contributed by atoms with Crippen molar-refractivity contribution < 1.29 is 23.7 Å². The molecule has 0 aromatic heterocycles. The SMILES string of the molecule is CCOc1ccc(/C=C2\N=C(c3cc(Cl)ccc3OC)OC2=O)cc1OCC. The number of aliphatic imine (C=N–C) groups is 1. The van der Waals surface area contributed by atoms with Crippen LogP contribution in [0, 0.1) is 0 Å². The molecule has 1 aliphatic heterocycles. The molecule has 1 aliphatic rings. The third-order valence-electron chi connectivity index (χ3n) is 3.88. The van der Waals surface area contributed by atoms with Crippen molar-refractivity contribution in [1.29, 1.82) is 0 Å². The van der Waals surface area contributed by atoms with E-state index in [0.717, 1.165) is 5.56 Å². The number of methoxy groups -OCH3 is 1. The number of hydrogen-bond donors (Lipinski definition) is 0. The molecule has 0 saturated carbocycles. The van der Waals surface area contributed by atoms with Gasteiger partial charge in [-0.3, -0.25) is 0 Å². The van der Waals surface area contributed by atoms with Crippen molar-refractivity contribution in [2.45, 2.75) is 13.8 Å². The van der Waals surface area contributed by atoms with Gasteiger partial charge >= 0.3 is 5.97 Å². The minimum atomic E-state index is -0.552. The normalized spacial score (nSPS) is 14.6. The standard InChI is InChI=1S/C21H20ClNO5/c1-4-26-18-8-6-13(11-19(18)27-5-2)10-16-21(24)28-20(23-16)15-12-14(22)7-9-17(15)25-3/h6-12H,4-5H2,1-3H3/b16-10-. The van der Waals surface area contributed by atoms with Gasteiger partial charge in [0.05, 0.1) is 25.9 Å². The van der Waals surface area contributed by atoms with E-state index in [0.29, 0.717) is 41.0 Å². The first-order valence-corrected chi connectivity index (χ1v) is 9.19.